The second-order valence-electron chi connectivity index (χ2n) is 5.23. The van der Waals surface area contributed by atoms with Crippen molar-refractivity contribution in [3.05, 3.63) is 29.6 Å². The highest BCUT2D eigenvalue weighted by molar-refractivity contribution is 7.07. The molecule has 0 amide bonds. The third kappa shape index (κ3) is 2.61. The van der Waals surface area contributed by atoms with Crippen molar-refractivity contribution in [3.63, 3.8) is 0 Å². The molecule has 18 heavy (non-hydrogen) atoms. The molecule has 5 heteroatoms. The fraction of sp³-hybridized carbons (Fsp3) is 0.385. The van der Waals surface area contributed by atoms with Crippen molar-refractivity contribution in [2.45, 2.75) is 33.1 Å². The number of nitrogens with two attached hydrogens (primary N) is 1. The van der Waals surface area contributed by atoms with Crippen LogP contribution in [0, 0.1) is 6.92 Å². The monoisotopic (exact) mass is 263 g/mol. The van der Waals surface area contributed by atoms with E-state index < -0.39 is 0 Å². The van der Waals surface area contributed by atoms with Crippen LogP contribution in [0.2, 0.25) is 0 Å². The van der Waals surface area contributed by atoms with Crippen LogP contribution in [0.25, 0.3) is 0 Å². The molecule has 0 fully saturated rings. The lowest BCUT2D eigenvalue weighted by atomic mass is 9.96. The summed E-state index contributed by atoms with van der Waals surface area (Å²) in [6, 6.07) is 5.67. The maximum Gasteiger partial charge on any atom is 0.298 e. The van der Waals surface area contributed by atoms with Gasteiger partial charge in [0.05, 0.1) is 5.69 Å². The van der Waals surface area contributed by atoms with Gasteiger partial charge >= 0.3 is 0 Å². The lowest BCUT2D eigenvalue weighted by Gasteiger charge is -2.12. The summed E-state index contributed by atoms with van der Waals surface area (Å²) in [7, 11) is 0. The van der Waals surface area contributed by atoms with Gasteiger partial charge in [0.25, 0.3) is 5.19 Å². The van der Waals surface area contributed by atoms with Gasteiger partial charge in [-0.15, -0.1) is 0 Å². The Labute approximate surface area is 111 Å². The minimum atomic E-state index is -0.0740. The predicted octanol–water partition coefficient (Wildman–Crippen LogP) is 3.52. The highest BCUT2D eigenvalue weighted by atomic mass is 32.1. The largest absolute Gasteiger partial charge is 0.427 e. The van der Waals surface area contributed by atoms with Gasteiger partial charge in [0, 0.05) is 16.9 Å². The molecule has 2 N–H and O–H groups in total. The molecule has 0 saturated heterocycles. The normalized spacial score (nSPS) is 11.6. The Morgan fingerprint density at radius 3 is 2.56 bits per heavy atom. The van der Waals surface area contributed by atoms with Crippen molar-refractivity contribution in [1.82, 2.24) is 9.36 Å². The summed E-state index contributed by atoms with van der Waals surface area (Å²) >= 11 is 1.25. The maximum atomic E-state index is 5.89. The van der Waals surface area contributed by atoms with Crippen molar-refractivity contribution in [3.8, 4) is 10.9 Å². The predicted molar refractivity (Wildman–Crippen MR) is 74.3 cm³/mol. The second-order valence-corrected chi connectivity index (χ2v) is 5.94. The number of hydrogen-bond donors (Lipinski definition) is 1. The molecular weight excluding hydrogens is 246 g/mol. The maximum absolute atomic E-state index is 5.89. The number of nitrogens with zero attached hydrogens (tertiary/aromatic N) is 2. The highest BCUT2D eigenvalue weighted by Crippen LogP contribution is 2.33. The summed E-state index contributed by atoms with van der Waals surface area (Å²) in [5, 5.41) is 0.529. The van der Waals surface area contributed by atoms with Gasteiger partial charge in [0.15, 0.2) is 11.6 Å². The van der Waals surface area contributed by atoms with Gasteiger partial charge in [-0.05, 0) is 18.6 Å². The van der Waals surface area contributed by atoms with Crippen molar-refractivity contribution in [2.24, 2.45) is 0 Å². The Morgan fingerprint density at radius 1 is 1.28 bits per heavy atom. The van der Waals surface area contributed by atoms with Crippen LogP contribution < -0.4 is 10.5 Å². The van der Waals surface area contributed by atoms with Crippen molar-refractivity contribution < 1.29 is 4.74 Å². The fourth-order valence-electron chi connectivity index (χ4n) is 1.46. The third-order valence-corrected chi connectivity index (χ3v) is 3.10. The summed E-state index contributed by atoms with van der Waals surface area (Å²) in [5.74, 6) is 1.45. The molecule has 0 aliphatic carbocycles. The van der Waals surface area contributed by atoms with Gasteiger partial charge in [-0.25, -0.2) is 0 Å². The lowest BCUT2D eigenvalue weighted by molar-refractivity contribution is 0.467. The van der Waals surface area contributed by atoms with Gasteiger partial charge in [0.2, 0.25) is 0 Å². The van der Waals surface area contributed by atoms with Crippen molar-refractivity contribution in [1.29, 1.82) is 0 Å². The molecule has 1 heterocycles. The van der Waals surface area contributed by atoms with E-state index in [-0.39, 0.29) is 5.41 Å². The molecule has 0 saturated carbocycles. The van der Waals surface area contributed by atoms with Crippen LogP contribution in [0.5, 0.6) is 10.9 Å². The number of aromatic nitrogens is 2. The first-order chi connectivity index (χ1) is 8.38. The van der Waals surface area contributed by atoms with Gasteiger partial charge in [-0.2, -0.15) is 9.36 Å². The Kier molecular flexibility index (Phi) is 3.26. The minimum absolute atomic E-state index is 0.0740. The zero-order valence-electron chi connectivity index (χ0n) is 11.0. The molecule has 1 aromatic heterocycles. The minimum Gasteiger partial charge on any atom is -0.427 e. The number of nitrogen functional groups attached to an aromatic ring is 1. The zero-order chi connectivity index (χ0) is 13.3. The summed E-state index contributed by atoms with van der Waals surface area (Å²) < 4.78 is 10.0. The van der Waals surface area contributed by atoms with Crippen LogP contribution in [0.1, 0.15) is 32.2 Å². The third-order valence-electron chi connectivity index (χ3n) is 2.51. The van der Waals surface area contributed by atoms with E-state index in [0.717, 1.165) is 11.4 Å². The number of rotatable bonds is 2. The molecule has 96 valence electrons. The van der Waals surface area contributed by atoms with E-state index in [4.69, 9.17) is 10.5 Å². The van der Waals surface area contributed by atoms with Crippen LogP contribution in [0.3, 0.4) is 0 Å². The summed E-state index contributed by atoms with van der Waals surface area (Å²) in [5.41, 5.74) is 7.42. The SMILES string of the molecule is Cc1cccc(N)c1Oc1nc(C(C)(C)C)ns1. The number of aryl methyl sites for hydroxylation is 1. The molecule has 0 atom stereocenters. The van der Waals surface area contributed by atoms with Crippen LogP contribution in [-0.2, 0) is 5.41 Å². The molecule has 0 bridgehead atoms. The molecule has 0 radical (unpaired) electrons. The summed E-state index contributed by atoms with van der Waals surface area (Å²) in [6.45, 7) is 8.17. The number of hydrogen-bond acceptors (Lipinski definition) is 5. The molecule has 0 aliphatic heterocycles. The summed E-state index contributed by atoms with van der Waals surface area (Å²) in [6.07, 6.45) is 0. The topological polar surface area (TPSA) is 61.0 Å². The molecular formula is C13H17N3OS. The number of benzene rings is 1. The average Bonchev–Trinajstić information content (AvgIpc) is 2.72. The van der Waals surface area contributed by atoms with Crippen LogP contribution in [0.15, 0.2) is 18.2 Å². The quantitative estimate of drug-likeness (QED) is 0.842. The fourth-order valence-corrected chi connectivity index (χ4v) is 2.18. The molecule has 0 unspecified atom stereocenters. The van der Waals surface area contributed by atoms with E-state index in [1.165, 1.54) is 11.5 Å². The van der Waals surface area contributed by atoms with E-state index in [1.807, 2.05) is 25.1 Å². The molecule has 2 rings (SSSR count). The highest BCUT2D eigenvalue weighted by Gasteiger charge is 2.20. The van der Waals surface area contributed by atoms with Gasteiger partial charge in [0.1, 0.15) is 0 Å². The van der Waals surface area contributed by atoms with E-state index in [9.17, 15) is 0 Å². The Hall–Kier alpha value is -1.62. The number of para-hydroxylation sites is 1. The lowest BCUT2D eigenvalue weighted by Crippen LogP contribution is -2.12. The first-order valence-electron chi connectivity index (χ1n) is 5.75. The van der Waals surface area contributed by atoms with Gasteiger partial charge in [-0.3, -0.25) is 0 Å². The summed E-state index contributed by atoms with van der Waals surface area (Å²) in [4.78, 5) is 4.39. The first-order valence-corrected chi connectivity index (χ1v) is 6.52. The molecule has 4 nitrogen and oxygen atoms in total. The van der Waals surface area contributed by atoms with E-state index in [2.05, 4.69) is 30.1 Å². The molecule has 1 aromatic carbocycles. The second kappa shape index (κ2) is 4.57. The Bertz CT molecular complexity index is 537. The van der Waals surface area contributed by atoms with Gasteiger partial charge < -0.3 is 10.5 Å². The van der Waals surface area contributed by atoms with E-state index in [0.29, 0.717) is 16.6 Å². The van der Waals surface area contributed by atoms with Crippen LogP contribution in [0.4, 0.5) is 5.69 Å². The molecule has 2 aromatic rings. The first kappa shape index (κ1) is 12.8. The van der Waals surface area contributed by atoms with Crippen LogP contribution >= 0.6 is 11.5 Å². The van der Waals surface area contributed by atoms with E-state index in [1.54, 1.807) is 0 Å². The van der Waals surface area contributed by atoms with Crippen LogP contribution in [-0.4, -0.2) is 9.36 Å². The number of ether oxygens (including phenoxy) is 1. The zero-order valence-corrected chi connectivity index (χ0v) is 11.8. The average molecular weight is 263 g/mol. The van der Waals surface area contributed by atoms with E-state index >= 15 is 0 Å². The molecule has 0 aliphatic rings. The Balaban J connectivity index is 2.27. The Morgan fingerprint density at radius 2 is 2.00 bits per heavy atom. The van der Waals surface area contributed by atoms with Crippen molar-refractivity contribution >= 4 is 17.2 Å². The smallest absolute Gasteiger partial charge is 0.298 e. The molecule has 0 spiro atoms. The van der Waals surface area contributed by atoms with Gasteiger partial charge in [-0.1, -0.05) is 32.9 Å². The number of anilines is 1. The van der Waals surface area contributed by atoms with Crippen molar-refractivity contribution in [2.75, 3.05) is 5.73 Å². The standard InChI is InChI=1S/C13H17N3OS/c1-8-6-5-7-9(14)10(8)17-12-15-11(16-18-12)13(2,3)4/h5-7H,14H2,1-4H3.